The zero-order valence-electron chi connectivity index (χ0n) is 9.07. The summed E-state index contributed by atoms with van der Waals surface area (Å²) in [5, 5.41) is 12.8. The monoisotopic (exact) mass is 199 g/mol. The summed E-state index contributed by atoms with van der Waals surface area (Å²) in [6.45, 7) is 4.37. The molecule has 0 aromatic heterocycles. The van der Waals surface area contributed by atoms with Crippen LogP contribution in [0.25, 0.3) is 0 Å². The number of hydrogen-bond acceptors (Lipinski definition) is 3. The molecule has 1 aliphatic carbocycles. The molecule has 3 heteroatoms. The third-order valence-electron chi connectivity index (χ3n) is 3.25. The Morgan fingerprint density at radius 3 is 2.64 bits per heavy atom. The van der Waals surface area contributed by atoms with E-state index in [2.05, 4.69) is 19.2 Å². The number of aliphatic hydroxyl groups is 1. The Labute approximate surface area is 85.8 Å². The molecule has 0 aromatic rings. The largest absolute Gasteiger partial charge is 0.366 e. The molecule has 1 saturated heterocycles. The third-order valence-corrected chi connectivity index (χ3v) is 3.25. The van der Waals surface area contributed by atoms with Crippen LogP contribution in [-0.4, -0.2) is 29.6 Å². The number of epoxide rings is 1. The van der Waals surface area contributed by atoms with E-state index in [1.54, 1.807) is 0 Å². The Morgan fingerprint density at radius 2 is 2.07 bits per heavy atom. The van der Waals surface area contributed by atoms with Crippen molar-refractivity contribution >= 4 is 0 Å². The maximum Gasteiger partial charge on any atom is 0.182 e. The first-order valence-electron chi connectivity index (χ1n) is 5.76. The van der Waals surface area contributed by atoms with Gasteiger partial charge in [-0.25, -0.2) is 0 Å². The molecule has 2 N–H and O–H groups in total. The normalized spacial score (nSPS) is 42.9. The summed E-state index contributed by atoms with van der Waals surface area (Å²) in [6.07, 6.45) is 4.61. The molecule has 2 fully saturated rings. The molecule has 14 heavy (non-hydrogen) atoms. The Kier molecular flexibility index (Phi) is 3.10. The van der Waals surface area contributed by atoms with Crippen LogP contribution < -0.4 is 5.32 Å². The first kappa shape index (κ1) is 10.4. The van der Waals surface area contributed by atoms with Gasteiger partial charge < -0.3 is 15.2 Å². The SMILES string of the molecule is CC(C)NC1CCCC(C2OC2O)C1. The van der Waals surface area contributed by atoms with Gasteiger partial charge in [-0.2, -0.15) is 0 Å². The maximum atomic E-state index is 9.20. The standard InChI is InChI=1S/C11H21NO2/c1-7(2)12-9-5-3-4-8(6-9)10-11(13)14-10/h7-13H,3-6H2,1-2H3. The summed E-state index contributed by atoms with van der Waals surface area (Å²) >= 11 is 0. The van der Waals surface area contributed by atoms with Crippen LogP contribution in [0.3, 0.4) is 0 Å². The summed E-state index contributed by atoms with van der Waals surface area (Å²) in [5.74, 6) is 0.579. The third kappa shape index (κ3) is 2.47. The minimum absolute atomic E-state index is 0.145. The first-order chi connectivity index (χ1) is 6.66. The molecular formula is C11H21NO2. The van der Waals surface area contributed by atoms with Gasteiger partial charge in [0.05, 0.1) is 0 Å². The summed E-state index contributed by atoms with van der Waals surface area (Å²) in [6, 6.07) is 1.19. The molecule has 4 atom stereocenters. The average Bonchev–Trinajstić information content (AvgIpc) is 2.82. The van der Waals surface area contributed by atoms with E-state index in [1.807, 2.05) is 0 Å². The van der Waals surface area contributed by atoms with Gasteiger partial charge in [0.2, 0.25) is 0 Å². The van der Waals surface area contributed by atoms with Crippen molar-refractivity contribution in [2.24, 2.45) is 5.92 Å². The van der Waals surface area contributed by atoms with Crippen LogP contribution in [0.4, 0.5) is 0 Å². The van der Waals surface area contributed by atoms with Crippen LogP contribution in [0.2, 0.25) is 0 Å². The number of ether oxygens (including phenoxy) is 1. The van der Waals surface area contributed by atoms with Crippen LogP contribution in [-0.2, 0) is 4.74 Å². The molecule has 82 valence electrons. The smallest absolute Gasteiger partial charge is 0.182 e. The summed E-state index contributed by atoms with van der Waals surface area (Å²) in [5.41, 5.74) is 0. The van der Waals surface area contributed by atoms with E-state index < -0.39 is 6.29 Å². The van der Waals surface area contributed by atoms with Crippen molar-refractivity contribution in [3.63, 3.8) is 0 Å². The quantitative estimate of drug-likeness (QED) is 0.673. The van der Waals surface area contributed by atoms with E-state index in [9.17, 15) is 5.11 Å². The van der Waals surface area contributed by atoms with Crippen molar-refractivity contribution in [1.82, 2.24) is 5.32 Å². The Hall–Kier alpha value is -0.120. The highest BCUT2D eigenvalue weighted by Gasteiger charge is 2.44. The lowest BCUT2D eigenvalue weighted by Crippen LogP contribution is -2.39. The summed E-state index contributed by atoms with van der Waals surface area (Å²) < 4.78 is 5.14. The second kappa shape index (κ2) is 4.17. The highest BCUT2D eigenvalue weighted by atomic mass is 16.7. The van der Waals surface area contributed by atoms with E-state index in [0.717, 1.165) is 0 Å². The van der Waals surface area contributed by atoms with Crippen LogP contribution in [0.5, 0.6) is 0 Å². The van der Waals surface area contributed by atoms with Gasteiger partial charge in [0, 0.05) is 12.1 Å². The second-order valence-corrected chi connectivity index (χ2v) is 4.94. The van der Waals surface area contributed by atoms with Crippen LogP contribution in [0.15, 0.2) is 0 Å². The van der Waals surface area contributed by atoms with Crippen molar-refractivity contribution < 1.29 is 9.84 Å². The minimum Gasteiger partial charge on any atom is -0.366 e. The molecule has 2 rings (SSSR count). The molecule has 2 aliphatic rings. The molecular weight excluding hydrogens is 178 g/mol. The van der Waals surface area contributed by atoms with Gasteiger partial charge >= 0.3 is 0 Å². The van der Waals surface area contributed by atoms with Gasteiger partial charge in [0.25, 0.3) is 0 Å². The molecule has 3 nitrogen and oxygen atoms in total. The van der Waals surface area contributed by atoms with E-state index in [0.29, 0.717) is 18.0 Å². The fraction of sp³-hybridized carbons (Fsp3) is 1.00. The molecule has 0 amide bonds. The van der Waals surface area contributed by atoms with E-state index >= 15 is 0 Å². The lowest BCUT2D eigenvalue weighted by atomic mass is 9.83. The summed E-state index contributed by atoms with van der Waals surface area (Å²) in [7, 11) is 0. The highest BCUT2D eigenvalue weighted by Crippen LogP contribution is 2.37. The van der Waals surface area contributed by atoms with Crippen molar-refractivity contribution in [2.75, 3.05) is 0 Å². The first-order valence-corrected chi connectivity index (χ1v) is 5.76. The molecule has 4 unspecified atom stereocenters. The molecule has 0 radical (unpaired) electrons. The predicted molar refractivity (Wildman–Crippen MR) is 54.9 cm³/mol. The number of hydrogen-bond donors (Lipinski definition) is 2. The van der Waals surface area contributed by atoms with Gasteiger partial charge in [-0.05, 0) is 25.2 Å². The van der Waals surface area contributed by atoms with Gasteiger partial charge in [-0.15, -0.1) is 0 Å². The average molecular weight is 199 g/mol. The highest BCUT2D eigenvalue weighted by molar-refractivity contribution is 4.89. The van der Waals surface area contributed by atoms with Gasteiger partial charge in [-0.3, -0.25) is 0 Å². The van der Waals surface area contributed by atoms with Gasteiger partial charge in [-0.1, -0.05) is 20.3 Å². The van der Waals surface area contributed by atoms with Crippen molar-refractivity contribution in [3.8, 4) is 0 Å². The zero-order valence-corrected chi connectivity index (χ0v) is 9.07. The molecule has 0 spiro atoms. The van der Waals surface area contributed by atoms with Crippen molar-refractivity contribution in [2.45, 2.75) is 64.0 Å². The predicted octanol–water partition coefficient (Wildman–Crippen LogP) is 1.26. The second-order valence-electron chi connectivity index (χ2n) is 4.94. The van der Waals surface area contributed by atoms with Crippen LogP contribution >= 0.6 is 0 Å². The molecule has 1 saturated carbocycles. The molecule has 1 aliphatic heterocycles. The van der Waals surface area contributed by atoms with Crippen molar-refractivity contribution in [3.05, 3.63) is 0 Å². The minimum atomic E-state index is -0.460. The number of nitrogens with one attached hydrogen (secondary N) is 1. The topological polar surface area (TPSA) is 44.8 Å². The van der Waals surface area contributed by atoms with E-state index in [-0.39, 0.29) is 6.10 Å². The molecule has 0 aromatic carbocycles. The van der Waals surface area contributed by atoms with Crippen LogP contribution in [0, 0.1) is 5.92 Å². The fourth-order valence-electron chi connectivity index (χ4n) is 2.61. The molecule has 1 heterocycles. The van der Waals surface area contributed by atoms with Gasteiger partial charge in [0.1, 0.15) is 6.10 Å². The summed E-state index contributed by atoms with van der Waals surface area (Å²) in [4.78, 5) is 0. The Bertz CT molecular complexity index is 196. The van der Waals surface area contributed by atoms with Crippen LogP contribution in [0.1, 0.15) is 39.5 Å². The Morgan fingerprint density at radius 1 is 1.36 bits per heavy atom. The zero-order chi connectivity index (χ0) is 10.1. The van der Waals surface area contributed by atoms with E-state index in [4.69, 9.17) is 4.74 Å². The number of aliphatic hydroxyl groups excluding tert-OH is 1. The van der Waals surface area contributed by atoms with E-state index in [1.165, 1.54) is 25.7 Å². The van der Waals surface area contributed by atoms with Crippen molar-refractivity contribution in [1.29, 1.82) is 0 Å². The van der Waals surface area contributed by atoms with Gasteiger partial charge in [0.15, 0.2) is 6.29 Å². The molecule has 0 bridgehead atoms. The number of rotatable bonds is 3. The Balaban J connectivity index is 1.79. The lowest BCUT2D eigenvalue weighted by Gasteiger charge is -2.30. The maximum absolute atomic E-state index is 9.20. The lowest BCUT2D eigenvalue weighted by molar-refractivity contribution is 0.154. The fourth-order valence-corrected chi connectivity index (χ4v) is 2.61.